The summed E-state index contributed by atoms with van der Waals surface area (Å²) in [7, 11) is 0. The number of likely N-dealkylation sites (N-methyl/N-ethyl adjacent to an activating group) is 1. The minimum absolute atomic E-state index is 0.0124. The molecule has 0 spiro atoms. The summed E-state index contributed by atoms with van der Waals surface area (Å²) in [5.41, 5.74) is 8.16. The first-order chi connectivity index (χ1) is 11.5. The van der Waals surface area contributed by atoms with Gasteiger partial charge < -0.3 is 11.1 Å². The smallest absolute Gasteiger partial charge is 0.254 e. The van der Waals surface area contributed by atoms with Crippen molar-refractivity contribution in [3.63, 3.8) is 0 Å². The van der Waals surface area contributed by atoms with Crippen molar-refractivity contribution in [2.75, 3.05) is 25.4 Å². The first-order valence-corrected chi connectivity index (χ1v) is 8.48. The van der Waals surface area contributed by atoms with Gasteiger partial charge in [-0.1, -0.05) is 6.92 Å². The number of aromatic nitrogens is 4. The maximum atomic E-state index is 12.4. The van der Waals surface area contributed by atoms with Crippen LogP contribution in [-0.2, 0) is 11.2 Å². The molecule has 8 heteroatoms. The SMILES string of the molecule is CCN1CCCC1CNC(=O)Cc1c(C)nc2nc(N)nn2c1C. The Morgan fingerprint density at radius 2 is 2.17 bits per heavy atom. The number of fused-ring (bicyclic) bond motifs is 1. The van der Waals surface area contributed by atoms with Gasteiger partial charge in [-0.05, 0) is 39.8 Å². The number of nitrogens with two attached hydrogens (primary N) is 1. The van der Waals surface area contributed by atoms with Crippen LogP contribution in [0.2, 0.25) is 0 Å². The number of nitrogens with one attached hydrogen (secondary N) is 1. The molecule has 3 N–H and O–H groups in total. The number of carbonyl (C=O) groups is 1. The molecule has 8 nitrogen and oxygen atoms in total. The molecule has 3 rings (SSSR count). The van der Waals surface area contributed by atoms with Gasteiger partial charge in [0, 0.05) is 29.5 Å². The quantitative estimate of drug-likeness (QED) is 0.826. The average molecular weight is 331 g/mol. The molecule has 3 heterocycles. The largest absolute Gasteiger partial charge is 0.366 e. The first-order valence-electron chi connectivity index (χ1n) is 8.48. The topological polar surface area (TPSA) is 101 Å². The highest BCUT2D eigenvalue weighted by molar-refractivity contribution is 5.79. The number of aryl methyl sites for hydroxylation is 2. The molecule has 130 valence electrons. The Labute approximate surface area is 141 Å². The molecule has 1 aliphatic heterocycles. The van der Waals surface area contributed by atoms with Crippen LogP contribution in [0.5, 0.6) is 0 Å². The Bertz CT molecular complexity index is 754. The van der Waals surface area contributed by atoms with Crippen molar-refractivity contribution in [1.82, 2.24) is 29.8 Å². The second-order valence-electron chi connectivity index (χ2n) is 6.35. The summed E-state index contributed by atoms with van der Waals surface area (Å²) in [6.07, 6.45) is 2.65. The number of rotatable bonds is 5. The Kier molecular flexibility index (Phi) is 4.66. The van der Waals surface area contributed by atoms with Crippen molar-refractivity contribution in [3.05, 3.63) is 17.0 Å². The average Bonchev–Trinajstić information content (AvgIpc) is 3.15. The molecule has 0 aromatic carbocycles. The van der Waals surface area contributed by atoms with Crippen LogP contribution in [0, 0.1) is 13.8 Å². The minimum atomic E-state index is 0.0124. The molecule has 1 aliphatic rings. The number of hydrogen-bond donors (Lipinski definition) is 2. The van der Waals surface area contributed by atoms with Gasteiger partial charge in [-0.2, -0.15) is 9.50 Å². The Balaban J connectivity index is 1.69. The van der Waals surface area contributed by atoms with Gasteiger partial charge in [-0.3, -0.25) is 9.69 Å². The highest BCUT2D eigenvalue weighted by Crippen LogP contribution is 2.17. The highest BCUT2D eigenvalue weighted by atomic mass is 16.1. The Hall–Kier alpha value is -2.22. The van der Waals surface area contributed by atoms with Crippen molar-refractivity contribution >= 4 is 17.6 Å². The van der Waals surface area contributed by atoms with Gasteiger partial charge in [-0.25, -0.2) is 4.98 Å². The zero-order chi connectivity index (χ0) is 17.3. The molecule has 1 atom stereocenters. The van der Waals surface area contributed by atoms with E-state index in [0.717, 1.165) is 36.5 Å². The fourth-order valence-electron chi connectivity index (χ4n) is 3.48. The molecule has 1 unspecified atom stereocenters. The van der Waals surface area contributed by atoms with E-state index in [9.17, 15) is 4.79 Å². The second-order valence-corrected chi connectivity index (χ2v) is 6.35. The fourth-order valence-corrected chi connectivity index (χ4v) is 3.48. The van der Waals surface area contributed by atoms with E-state index in [2.05, 4.69) is 32.2 Å². The van der Waals surface area contributed by atoms with Crippen LogP contribution in [0.15, 0.2) is 0 Å². The van der Waals surface area contributed by atoms with Crippen molar-refractivity contribution in [3.8, 4) is 0 Å². The first kappa shape index (κ1) is 16.6. The molecule has 0 saturated carbocycles. The van der Waals surface area contributed by atoms with Crippen LogP contribution in [0.25, 0.3) is 5.78 Å². The number of nitrogen functional groups attached to an aromatic ring is 1. The van der Waals surface area contributed by atoms with Gasteiger partial charge in [0.15, 0.2) is 0 Å². The van der Waals surface area contributed by atoms with Gasteiger partial charge in [0.25, 0.3) is 5.78 Å². The van der Waals surface area contributed by atoms with Crippen molar-refractivity contribution in [2.24, 2.45) is 0 Å². The van der Waals surface area contributed by atoms with Crippen molar-refractivity contribution < 1.29 is 4.79 Å². The van der Waals surface area contributed by atoms with Crippen LogP contribution in [-0.4, -0.2) is 56.1 Å². The molecule has 24 heavy (non-hydrogen) atoms. The van der Waals surface area contributed by atoms with Crippen LogP contribution < -0.4 is 11.1 Å². The molecule has 2 aromatic heterocycles. The lowest BCUT2D eigenvalue weighted by atomic mass is 10.1. The predicted molar refractivity (Wildman–Crippen MR) is 91.7 cm³/mol. The van der Waals surface area contributed by atoms with Gasteiger partial charge in [-0.15, -0.1) is 5.10 Å². The standard InChI is InChI=1S/C16H25N7O/c1-4-22-7-5-6-12(22)9-18-14(24)8-13-10(2)19-16-20-15(17)21-23(16)11(13)3/h12H,4-9H2,1-3H3,(H2,17,21)(H,18,24). The third kappa shape index (κ3) is 3.19. The number of nitrogens with zero attached hydrogens (tertiary/aromatic N) is 5. The molecule has 1 amide bonds. The number of carbonyl (C=O) groups excluding carboxylic acids is 1. The molecule has 0 aliphatic carbocycles. The van der Waals surface area contributed by atoms with Crippen molar-refractivity contribution in [1.29, 1.82) is 0 Å². The zero-order valence-corrected chi connectivity index (χ0v) is 14.5. The van der Waals surface area contributed by atoms with E-state index < -0.39 is 0 Å². The van der Waals surface area contributed by atoms with E-state index in [1.807, 2.05) is 13.8 Å². The summed E-state index contributed by atoms with van der Waals surface area (Å²) in [5.74, 6) is 0.669. The van der Waals surface area contributed by atoms with Crippen LogP contribution in [0.3, 0.4) is 0 Å². The van der Waals surface area contributed by atoms with Crippen LogP contribution >= 0.6 is 0 Å². The fraction of sp³-hybridized carbons (Fsp3) is 0.625. The van der Waals surface area contributed by atoms with Gasteiger partial charge in [0.2, 0.25) is 11.9 Å². The highest BCUT2D eigenvalue weighted by Gasteiger charge is 2.23. The number of likely N-dealkylation sites (tertiary alicyclic amines) is 1. The summed E-state index contributed by atoms with van der Waals surface area (Å²) in [6.45, 7) is 8.83. The van der Waals surface area contributed by atoms with E-state index in [4.69, 9.17) is 5.73 Å². The molecule has 1 saturated heterocycles. The minimum Gasteiger partial charge on any atom is -0.366 e. The van der Waals surface area contributed by atoms with E-state index in [-0.39, 0.29) is 11.9 Å². The molecular formula is C16H25N7O. The number of amides is 1. The Morgan fingerprint density at radius 3 is 2.92 bits per heavy atom. The maximum absolute atomic E-state index is 12.4. The predicted octanol–water partition coefficient (Wildman–Crippen LogP) is 0.466. The monoisotopic (exact) mass is 331 g/mol. The summed E-state index contributed by atoms with van der Waals surface area (Å²) in [5, 5.41) is 7.20. The number of anilines is 1. The summed E-state index contributed by atoms with van der Waals surface area (Å²) in [4.78, 5) is 23.3. The normalized spacial score (nSPS) is 18.4. The summed E-state index contributed by atoms with van der Waals surface area (Å²) in [6, 6.07) is 0.455. The lowest BCUT2D eigenvalue weighted by Gasteiger charge is -2.23. The van der Waals surface area contributed by atoms with E-state index in [1.54, 1.807) is 4.52 Å². The molecule has 2 aromatic rings. The third-order valence-electron chi connectivity index (χ3n) is 4.84. The summed E-state index contributed by atoms with van der Waals surface area (Å²) >= 11 is 0. The second kappa shape index (κ2) is 6.72. The van der Waals surface area contributed by atoms with Gasteiger partial charge in [0.05, 0.1) is 6.42 Å². The van der Waals surface area contributed by atoms with E-state index in [1.165, 1.54) is 6.42 Å². The number of hydrogen-bond acceptors (Lipinski definition) is 6. The zero-order valence-electron chi connectivity index (χ0n) is 14.5. The molecule has 1 fully saturated rings. The molecular weight excluding hydrogens is 306 g/mol. The maximum Gasteiger partial charge on any atom is 0.254 e. The van der Waals surface area contributed by atoms with Crippen LogP contribution in [0.4, 0.5) is 5.95 Å². The third-order valence-corrected chi connectivity index (χ3v) is 4.84. The lowest BCUT2D eigenvalue weighted by molar-refractivity contribution is -0.120. The summed E-state index contributed by atoms with van der Waals surface area (Å²) < 4.78 is 1.60. The molecule has 0 radical (unpaired) electrons. The van der Waals surface area contributed by atoms with E-state index in [0.29, 0.717) is 24.8 Å². The Morgan fingerprint density at radius 1 is 1.38 bits per heavy atom. The van der Waals surface area contributed by atoms with Gasteiger partial charge in [0.1, 0.15) is 0 Å². The lowest BCUT2D eigenvalue weighted by Crippen LogP contribution is -2.40. The van der Waals surface area contributed by atoms with Crippen molar-refractivity contribution in [2.45, 2.75) is 46.1 Å². The van der Waals surface area contributed by atoms with Crippen LogP contribution in [0.1, 0.15) is 36.7 Å². The molecule has 0 bridgehead atoms. The van der Waals surface area contributed by atoms with E-state index >= 15 is 0 Å². The van der Waals surface area contributed by atoms with Gasteiger partial charge >= 0.3 is 0 Å².